The smallest absolute Gasteiger partial charge is 0.423 e. The van der Waals surface area contributed by atoms with Gasteiger partial charge in [0.2, 0.25) is 0 Å². The molecule has 1 aromatic heterocycles. The second kappa shape index (κ2) is 4.16. The Hall–Kier alpha value is -1.14. The zero-order valence-electron chi connectivity index (χ0n) is 8.23. The average Bonchev–Trinajstić information content (AvgIpc) is 2.71. The van der Waals surface area contributed by atoms with Crippen LogP contribution in [0.5, 0.6) is 0 Å². The monoisotopic (exact) mass is 210 g/mol. The molecule has 0 radical (unpaired) electrons. The summed E-state index contributed by atoms with van der Waals surface area (Å²) in [5, 5.41) is 17.9. The van der Waals surface area contributed by atoms with Gasteiger partial charge in [-0.1, -0.05) is 0 Å². The maximum Gasteiger partial charge on any atom is 0.491 e. The molecule has 15 heavy (non-hydrogen) atoms. The third kappa shape index (κ3) is 2.10. The number of halogens is 1. The van der Waals surface area contributed by atoms with E-state index in [9.17, 15) is 4.39 Å². The first kappa shape index (κ1) is 10.4. The normalized spacial score (nSPS) is 15.8. The summed E-state index contributed by atoms with van der Waals surface area (Å²) in [6.45, 7) is 1.78. The number of pyridine rings is 1. The first-order valence-electron chi connectivity index (χ1n) is 4.95. The number of aromatic nitrogens is 1. The zero-order chi connectivity index (χ0) is 10.8. The summed E-state index contributed by atoms with van der Waals surface area (Å²) in [5.74, 6) is -0.0788. The number of hydrogen-bond acceptors (Lipinski definition) is 4. The molecule has 1 saturated heterocycles. The predicted octanol–water partition coefficient (Wildman–Crippen LogP) is -0.499. The molecule has 80 valence electrons. The number of nitrogens with zero attached hydrogens (tertiary/aromatic N) is 2. The van der Waals surface area contributed by atoms with Crippen LogP contribution in [-0.2, 0) is 0 Å². The van der Waals surface area contributed by atoms with Crippen molar-refractivity contribution in [2.75, 3.05) is 18.0 Å². The van der Waals surface area contributed by atoms with Crippen molar-refractivity contribution >= 4 is 18.4 Å². The van der Waals surface area contributed by atoms with Crippen LogP contribution >= 0.6 is 0 Å². The highest BCUT2D eigenvalue weighted by Gasteiger charge is 2.20. The summed E-state index contributed by atoms with van der Waals surface area (Å²) < 4.78 is 13.1. The molecule has 0 unspecified atom stereocenters. The molecule has 0 aliphatic carbocycles. The first-order chi connectivity index (χ1) is 7.18. The van der Waals surface area contributed by atoms with Gasteiger partial charge in [-0.15, -0.1) is 0 Å². The minimum atomic E-state index is -1.78. The molecule has 0 amide bonds. The van der Waals surface area contributed by atoms with E-state index in [0.29, 0.717) is 5.82 Å². The lowest BCUT2D eigenvalue weighted by molar-refractivity contribution is 0.423. The van der Waals surface area contributed by atoms with Crippen LogP contribution in [0, 0.1) is 5.82 Å². The minimum Gasteiger partial charge on any atom is -0.423 e. The van der Waals surface area contributed by atoms with E-state index < -0.39 is 12.9 Å². The van der Waals surface area contributed by atoms with Crippen molar-refractivity contribution in [1.29, 1.82) is 0 Å². The second-order valence-corrected chi connectivity index (χ2v) is 3.63. The molecular weight excluding hydrogens is 198 g/mol. The summed E-state index contributed by atoms with van der Waals surface area (Å²) >= 11 is 0. The molecule has 0 aromatic carbocycles. The van der Waals surface area contributed by atoms with Gasteiger partial charge < -0.3 is 14.9 Å². The Labute approximate surface area is 87.5 Å². The lowest BCUT2D eigenvalue weighted by atomic mass is 9.80. The van der Waals surface area contributed by atoms with Crippen LogP contribution in [0.1, 0.15) is 12.8 Å². The molecular formula is C9H12BFN2O2. The molecule has 0 saturated carbocycles. The fraction of sp³-hybridized carbons (Fsp3) is 0.444. The van der Waals surface area contributed by atoms with Crippen LogP contribution in [0.4, 0.5) is 10.2 Å². The number of anilines is 1. The summed E-state index contributed by atoms with van der Waals surface area (Å²) in [6, 6.07) is 1.39. The van der Waals surface area contributed by atoms with Crippen LogP contribution in [0.2, 0.25) is 0 Å². The van der Waals surface area contributed by atoms with E-state index in [1.807, 2.05) is 4.90 Å². The van der Waals surface area contributed by atoms with Crippen molar-refractivity contribution in [2.45, 2.75) is 12.8 Å². The third-order valence-electron chi connectivity index (χ3n) is 2.58. The van der Waals surface area contributed by atoms with E-state index in [4.69, 9.17) is 10.0 Å². The fourth-order valence-corrected chi connectivity index (χ4v) is 1.76. The van der Waals surface area contributed by atoms with Gasteiger partial charge in [0.1, 0.15) is 11.6 Å². The van der Waals surface area contributed by atoms with Crippen LogP contribution in [-0.4, -0.2) is 35.2 Å². The van der Waals surface area contributed by atoms with Gasteiger partial charge in [0, 0.05) is 18.6 Å². The van der Waals surface area contributed by atoms with Gasteiger partial charge in [0.25, 0.3) is 0 Å². The number of rotatable bonds is 2. The van der Waals surface area contributed by atoms with E-state index in [1.54, 1.807) is 0 Å². The highest BCUT2D eigenvalue weighted by molar-refractivity contribution is 6.58. The van der Waals surface area contributed by atoms with Gasteiger partial charge >= 0.3 is 7.12 Å². The van der Waals surface area contributed by atoms with Gasteiger partial charge in [-0.05, 0) is 18.9 Å². The van der Waals surface area contributed by atoms with Crippen molar-refractivity contribution in [1.82, 2.24) is 4.98 Å². The Morgan fingerprint density at radius 2 is 2.00 bits per heavy atom. The van der Waals surface area contributed by atoms with E-state index in [0.717, 1.165) is 32.1 Å². The Morgan fingerprint density at radius 3 is 2.60 bits per heavy atom. The van der Waals surface area contributed by atoms with E-state index in [2.05, 4.69) is 4.98 Å². The quantitative estimate of drug-likeness (QED) is 0.646. The van der Waals surface area contributed by atoms with Gasteiger partial charge in [-0.2, -0.15) is 0 Å². The van der Waals surface area contributed by atoms with Crippen molar-refractivity contribution in [2.24, 2.45) is 0 Å². The second-order valence-electron chi connectivity index (χ2n) is 3.63. The molecule has 1 fully saturated rings. The Kier molecular flexibility index (Phi) is 2.88. The van der Waals surface area contributed by atoms with Crippen molar-refractivity contribution in [3.8, 4) is 0 Å². The topological polar surface area (TPSA) is 56.6 Å². The molecule has 6 heteroatoms. The average molecular weight is 210 g/mol. The lowest BCUT2D eigenvalue weighted by Gasteiger charge is -2.17. The highest BCUT2D eigenvalue weighted by atomic mass is 19.1. The predicted molar refractivity (Wildman–Crippen MR) is 55.5 cm³/mol. The minimum absolute atomic E-state index is 0.119. The Morgan fingerprint density at radius 1 is 1.33 bits per heavy atom. The molecule has 0 bridgehead atoms. The van der Waals surface area contributed by atoms with E-state index in [-0.39, 0.29) is 5.46 Å². The zero-order valence-corrected chi connectivity index (χ0v) is 8.23. The molecule has 1 aliphatic rings. The SMILES string of the molecule is OB(O)c1cc(N2CCCC2)ncc1F. The van der Waals surface area contributed by atoms with E-state index in [1.165, 1.54) is 6.07 Å². The van der Waals surface area contributed by atoms with E-state index >= 15 is 0 Å². The lowest BCUT2D eigenvalue weighted by Crippen LogP contribution is -2.34. The molecule has 0 spiro atoms. The summed E-state index contributed by atoms with van der Waals surface area (Å²) in [5.41, 5.74) is -0.119. The van der Waals surface area contributed by atoms with Crippen LogP contribution in [0.25, 0.3) is 0 Å². The number of hydrogen-bond donors (Lipinski definition) is 2. The van der Waals surface area contributed by atoms with Gasteiger partial charge in [0.05, 0.1) is 6.20 Å². The van der Waals surface area contributed by atoms with Crippen LogP contribution in [0.15, 0.2) is 12.3 Å². The maximum atomic E-state index is 13.1. The van der Waals surface area contributed by atoms with Gasteiger partial charge in [-0.3, -0.25) is 0 Å². The summed E-state index contributed by atoms with van der Waals surface area (Å²) in [7, 11) is -1.78. The molecule has 1 aliphatic heterocycles. The largest absolute Gasteiger partial charge is 0.491 e. The maximum absolute atomic E-state index is 13.1. The third-order valence-corrected chi connectivity index (χ3v) is 2.58. The summed E-state index contributed by atoms with van der Waals surface area (Å²) in [4.78, 5) is 5.94. The molecule has 4 nitrogen and oxygen atoms in total. The Bertz CT molecular complexity index is 356. The molecule has 2 heterocycles. The standard InChI is InChI=1S/C9H12BFN2O2/c11-8-6-12-9(5-7(8)10(14)15)13-3-1-2-4-13/h5-6,14-15H,1-4H2. The van der Waals surface area contributed by atoms with Gasteiger partial charge in [-0.25, -0.2) is 9.37 Å². The van der Waals surface area contributed by atoms with Gasteiger partial charge in [0.15, 0.2) is 0 Å². The van der Waals surface area contributed by atoms with Crippen molar-refractivity contribution in [3.05, 3.63) is 18.1 Å². The molecule has 0 atom stereocenters. The first-order valence-corrected chi connectivity index (χ1v) is 4.95. The van der Waals surface area contributed by atoms with Crippen LogP contribution < -0.4 is 10.4 Å². The summed E-state index contributed by atoms with van der Waals surface area (Å²) in [6.07, 6.45) is 3.22. The Balaban J connectivity index is 2.29. The molecule has 2 rings (SSSR count). The van der Waals surface area contributed by atoms with Crippen molar-refractivity contribution in [3.63, 3.8) is 0 Å². The fourth-order valence-electron chi connectivity index (χ4n) is 1.76. The van der Waals surface area contributed by atoms with Crippen LogP contribution in [0.3, 0.4) is 0 Å². The molecule has 2 N–H and O–H groups in total. The highest BCUT2D eigenvalue weighted by Crippen LogP contribution is 2.16. The van der Waals surface area contributed by atoms with Crippen molar-refractivity contribution < 1.29 is 14.4 Å². The molecule has 1 aromatic rings.